The number of carbonyl (C=O) groups excluding carboxylic acids is 1. The van der Waals surface area contributed by atoms with Crippen LogP contribution in [0.5, 0.6) is 5.75 Å². The van der Waals surface area contributed by atoms with Crippen LogP contribution in [0.4, 0.5) is 4.39 Å². The van der Waals surface area contributed by atoms with Crippen molar-refractivity contribution in [3.05, 3.63) is 95.9 Å². The van der Waals surface area contributed by atoms with Crippen LogP contribution in [0, 0.1) is 12.7 Å². The first-order chi connectivity index (χ1) is 15.8. The molecule has 0 amide bonds. The maximum absolute atomic E-state index is 13.5. The molecular weight excluding hydrogens is 443 g/mol. The average Bonchev–Trinajstić information content (AvgIpc) is 3.09. The summed E-state index contributed by atoms with van der Waals surface area (Å²) in [4.78, 5) is 31.5. The summed E-state index contributed by atoms with van der Waals surface area (Å²) < 4.78 is 26.0. The largest absolute Gasteiger partial charge is 0.496 e. The van der Waals surface area contributed by atoms with Gasteiger partial charge >= 0.3 is 5.97 Å². The van der Waals surface area contributed by atoms with Crippen molar-refractivity contribution in [2.75, 3.05) is 13.7 Å². The van der Waals surface area contributed by atoms with Gasteiger partial charge in [0.2, 0.25) is 0 Å². The molecule has 1 aliphatic rings. The number of methoxy groups -OCH3 is 1. The van der Waals surface area contributed by atoms with Gasteiger partial charge in [-0.1, -0.05) is 35.6 Å². The molecule has 0 N–H and O–H groups in total. The van der Waals surface area contributed by atoms with Gasteiger partial charge in [-0.3, -0.25) is 9.36 Å². The van der Waals surface area contributed by atoms with Crippen molar-refractivity contribution in [1.29, 1.82) is 0 Å². The van der Waals surface area contributed by atoms with Crippen LogP contribution in [-0.4, -0.2) is 24.3 Å². The predicted molar refractivity (Wildman–Crippen MR) is 125 cm³/mol. The van der Waals surface area contributed by atoms with Crippen LogP contribution >= 0.6 is 11.3 Å². The van der Waals surface area contributed by atoms with E-state index >= 15 is 0 Å². The summed E-state index contributed by atoms with van der Waals surface area (Å²) in [6, 6.07) is 10.8. The standard InChI is InChI=1S/C25H23FN2O4S/c1-5-32-24(30)21-15(3)27-25-28(22(21)17-9-6-14(2)19(13-17)31-4)23(29)20(33-25)12-16-7-10-18(26)11-8-16/h6-13,22H,5H2,1-4H3/t22-/m0/s1. The molecule has 0 bridgehead atoms. The normalized spacial score (nSPS) is 15.8. The third kappa shape index (κ3) is 4.26. The molecule has 1 aliphatic heterocycles. The zero-order valence-electron chi connectivity index (χ0n) is 18.7. The van der Waals surface area contributed by atoms with Gasteiger partial charge in [0.05, 0.1) is 35.6 Å². The summed E-state index contributed by atoms with van der Waals surface area (Å²) in [5, 5.41) is 0. The molecule has 1 aromatic heterocycles. The number of rotatable bonds is 5. The van der Waals surface area contributed by atoms with Crippen LogP contribution in [0.2, 0.25) is 0 Å². The van der Waals surface area contributed by atoms with Crippen molar-refractivity contribution in [2.24, 2.45) is 4.99 Å². The number of allylic oxidation sites excluding steroid dienone is 1. The number of benzene rings is 2. The van der Waals surface area contributed by atoms with Crippen molar-refractivity contribution in [3.8, 4) is 5.75 Å². The molecular formula is C25H23FN2O4S. The van der Waals surface area contributed by atoms with Crippen LogP contribution in [0.15, 0.2) is 63.5 Å². The lowest BCUT2D eigenvalue weighted by molar-refractivity contribution is -0.139. The number of carbonyl (C=O) groups is 1. The third-order valence-electron chi connectivity index (χ3n) is 5.43. The Morgan fingerprint density at radius 3 is 2.61 bits per heavy atom. The zero-order valence-corrected chi connectivity index (χ0v) is 19.5. The summed E-state index contributed by atoms with van der Waals surface area (Å²) in [5.74, 6) is -0.216. The molecule has 0 aliphatic carbocycles. The Kier molecular flexibility index (Phi) is 6.29. The van der Waals surface area contributed by atoms with Gasteiger partial charge in [0.15, 0.2) is 4.80 Å². The van der Waals surface area contributed by atoms with Crippen LogP contribution in [0.3, 0.4) is 0 Å². The number of esters is 1. The SMILES string of the molecule is CCOC(=O)C1=C(C)N=c2sc(=Cc3ccc(F)cc3)c(=O)n2[C@H]1c1ccc(C)c(OC)c1. The van der Waals surface area contributed by atoms with Gasteiger partial charge in [0.1, 0.15) is 11.6 Å². The number of aryl methyl sites for hydroxylation is 1. The zero-order chi connectivity index (χ0) is 23.7. The summed E-state index contributed by atoms with van der Waals surface area (Å²) >= 11 is 1.22. The molecule has 1 atom stereocenters. The monoisotopic (exact) mass is 466 g/mol. The molecule has 0 fully saturated rings. The first kappa shape index (κ1) is 22.7. The first-order valence-electron chi connectivity index (χ1n) is 10.4. The molecule has 8 heteroatoms. The summed E-state index contributed by atoms with van der Waals surface area (Å²) in [5.41, 5.74) is 2.85. The molecule has 33 heavy (non-hydrogen) atoms. The topological polar surface area (TPSA) is 69.9 Å². The molecule has 3 aromatic rings. The number of nitrogens with zero attached hydrogens (tertiary/aromatic N) is 2. The fraction of sp³-hybridized carbons (Fsp3) is 0.240. The average molecular weight is 467 g/mol. The number of aromatic nitrogens is 1. The van der Waals surface area contributed by atoms with Crippen LogP contribution < -0.4 is 19.6 Å². The second-order valence-electron chi connectivity index (χ2n) is 7.58. The molecule has 0 spiro atoms. The second kappa shape index (κ2) is 9.15. The number of ether oxygens (including phenoxy) is 2. The summed E-state index contributed by atoms with van der Waals surface area (Å²) in [7, 11) is 1.58. The molecule has 2 heterocycles. The highest BCUT2D eigenvalue weighted by atomic mass is 32.1. The van der Waals surface area contributed by atoms with E-state index in [2.05, 4.69) is 4.99 Å². The fourth-order valence-corrected chi connectivity index (χ4v) is 4.87. The number of thiazole rings is 1. The smallest absolute Gasteiger partial charge is 0.338 e. The number of hydrogen-bond donors (Lipinski definition) is 0. The van der Waals surface area contributed by atoms with Crippen molar-refractivity contribution in [1.82, 2.24) is 4.57 Å². The number of hydrogen-bond acceptors (Lipinski definition) is 6. The Balaban J connectivity index is 1.97. The van der Waals surface area contributed by atoms with E-state index in [1.54, 1.807) is 39.2 Å². The van der Waals surface area contributed by atoms with Gasteiger partial charge < -0.3 is 9.47 Å². The van der Waals surface area contributed by atoms with Gasteiger partial charge in [0.25, 0.3) is 5.56 Å². The minimum absolute atomic E-state index is 0.203. The predicted octanol–water partition coefficient (Wildman–Crippen LogP) is 3.25. The summed E-state index contributed by atoms with van der Waals surface area (Å²) in [6.45, 7) is 5.59. The fourth-order valence-electron chi connectivity index (χ4n) is 3.82. The maximum Gasteiger partial charge on any atom is 0.338 e. The van der Waals surface area contributed by atoms with Gasteiger partial charge in [-0.25, -0.2) is 14.2 Å². The Hall–Kier alpha value is -3.52. The van der Waals surface area contributed by atoms with Gasteiger partial charge in [-0.2, -0.15) is 0 Å². The van der Waals surface area contributed by atoms with E-state index < -0.39 is 12.0 Å². The minimum Gasteiger partial charge on any atom is -0.496 e. The lowest BCUT2D eigenvalue weighted by Crippen LogP contribution is -2.40. The Bertz CT molecular complexity index is 1430. The van der Waals surface area contributed by atoms with Crippen LogP contribution in [0.1, 0.15) is 36.6 Å². The van der Waals surface area contributed by atoms with E-state index in [-0.39, 0.29) is 18.0 Å². The molecule has 4 rings (SSSR count). The molecule has 0 radical (unpaired) electrons. The Morgan fingerprint density at radius 1 is 1.21 bits per heavy atom. The highest BCUT2D eigenvalue weighted by Gasteiger charge is 2.33. The number of fused-ring (bicyclic) bond motifs is 1. The van der Waals surface area contributed by atoms with E-state index in [9.17, 15) is 14.0 Å². The van der Waals surface area contributed by atoms with Gasteiger partial charge in [0, 0.05) is 0 Å². The Labute approximate surface area is 193 Å². The van der Waals surface area contributed by atoms with Crippen LogP contribution in [-0.2, 0) is 9.53 Å². The number of halogens is 1. The van der Waals surface area contributed by atoms with E-state index in [0.29, 0.717) is 37.5 Å². The molecule has 2 aromatic carbocycles. The van der Waals surface area contributed by atoms with Crippen molar-refractivity contribution in [2.45, 2.75) is 26.8 Å². The van der Waals surface area contributed by atoms with Crippen LogP contribution in [0.25, 0.3) is 6.08 Å². The molecule has 0 saturated heterocycles. The molecule has 170 valence electrons. The highest BCUT2D eigenvalue weighted by molar-refractivity contribution is 7.07. The van der Waals surface area contributed by atoms with Gasteiger partial charge in [-0.15, -0.1) is 0 Å². The van der Waals surface area contributed by atoms with E-state index in [1.807, 2.05) is 25.1 Å². The van der Waals surface area contributed by atoms with E-state index in [0.717, 1.165) is 5.56 Å². The second-order valence-corrected chi connectivity index (χ2v) is 8.59. The Morgan fingerprint density at radius 2 is 1.94 bits per heavy atom. The maximum atomic E-state index is 13.5. The van der Waals surface area contributed by atoms with Gasteiger partial charge in [-0.05, 0) is 61.7 Å². The lowest BCUT2D eigenvalue weighted by atomic mass is 9.95. The quantitative estimate of drug-likeness (QED) is 0.542. The lowest BCUT2D eigenvalue weighted by Gasteiger charge is -2.25. The third-order valence-corrected chi connectivity index (χ3v) is 6.42. The molecule has 6 nitrogen and oxygen atoms in total. The highest BCUT2D eigenvalue weighted by Crippen LogP contribution is 2.33. The van der Waals surface area contributed by atoms with Crippen molar-refractivity contribution >= 4 is 23.4 Å². The van der Waals surface area contributed by atoms with Crippen molar-refractivity contribution in [3.63, 3.8) is 0 Å². The van der Waals surface area contributed by atoms with E-state index in [4.69, 9.17) is 9.47 Å². The van der Waals surface area contributed by atoms with E-state index in [1.165, 1.54) is 28.0 Å². The molecule has 0 unspecified atom stereocenters. The summed E-state index contributed by atoms with van der Waals surface area (Å²) in [6.07, 6.45) is 1.69. The van der Waals surface area contributed by atoms with Crippen molar-refractivity contribution < 1.29 is 18.7 Å². The molecule has 0 saturated carbocycles. The minimum atomic E-state index is -0.717. The first-order valence-corrected chi connectivity index (χ1v) is 11.3.